The maximum Gasteiger partial charge on any atom is 0.329 e. The van der Waals surface area contributed by atoms with Crippen LogP contribution in [0.3, 0.4) is 0 Å². The van der Waals surface area contributed by atoms with Crippen molar-refractivity contribution in [1.29, 1.82) is 0 Å². The molecule has 0 spiro atoms. The highest BCUT2D eigenvalue weighted by atomic mass is 16.6. The fourth-order valence-corrected chi connectivity index (χ4v) is 4.99. The van der Waals surface area contributed by atoms with Crippen LogP contribution in [0.5, 0.6) is 0 Å². The van der Waals surface area contributed by atoms with E-state index in [2.05, 4.69) is 16.6 Å². The van der Waals surface area contributed by atoms with E-state index >= 15 is 0 Å². The first kappa shape index (κ1) is 36.3. The Labute approximate surface area is 262 Å². The van der Waals surface area contributed by atoms with Crippen LogP contribution in [0.25, 0.3) is 0 Å². The number of carbonyl (C=O) groups excluding carboxylic acids is 5. The smallest absolute Gasteiger partial charge is 0.329 e. The second kappa shape index (κ2) is 16.8. The first-order chi connectivity index (χ1) is 20.7. The maximum atomic E-state index is 13.9. The zero-order chi connectivity index (χ0) is 33.0. The van der Waals surface area contributed by atoms with E-state index in [1.807, 2.05) is 44.2 Å². The molecule has 0 radical (unpaired) electrons. The molecule has 1 fully saturated rings. The average Bonchev–Trinajstić information content (AvgIpc) is 2.99. The van der Waals surface area contributed by atoms with Gasteiger partial charge in [-0.2, -0.15) is 0 Å². The standard InChI is InChI=1S/C34H49N3O7/c1-9-11-13-18-26-34(6,7)33(42)36-28(23(5)10-2)32(41)44-29(22(3)4)31(40)37(8)25(21-24-16-14-12-15-17-24)30(39)35-20-19-27(38)43-26/h1,12,14-17,22-23,25-26,28-29H,10-11,13,18-21H2,2-8H3,(H,35,39)(H,36,42)/t23-,25+,26?,28-,29-/m0/s1. The van der Waals surface area contributed by atoms with Gasteiger partial charge in [0.25, 0.3) is 5.91 Å². The van der Waals surface area contributed by atoms with Gasteiger partial charge in [-0.25, -0.2) is 4.79 Å². The van der Waals surface area contributed by atoms with Crippen LogP contribution in [0.15, 0.2) is 30.3 Å². The van der Waals surface area contributed by atoms with Gasteiger partial charge >= 0.3 is 11.9 Å². The van der Waals surface area contributed by atoms with E-state index in [0.29, 0.717) is 25.7 Å². The van der Waals surface area contributed by atoms with Crippen LogP contribution in [0.1, 0.15) is 79.2 Å². The molecule has 0 aromatic heterocycles. The average molecular weight is 612 g/mol. The van der Waals surface area contributed by atoms with Crippen LogP contribution in [-0.2, 0) is 39.9 Å². The number of ether oxygens (including phenoxy) is 2. The zero-order valence-electron chi connectivity index (χ0n) is 27.2. The third kappa shape index (κ3) is 9.83. The number of cyclic esters (lactones) is 2. The van der Waals surface area contributed by atoms with E-state index in [1.54, 1.807) is 27.7 Å². The quantitative estimate of drug-likeness (QED) is 0.262. The molecule has 1 unspecified atom stereocenters. The van der Waals surface area contributed by atoms with E-state index in [-0.39, 0.29) is 25.3 Å². The first-order valence-electron chi connectivity index (χ1n) is 15.5. The minimum atomic E-state index is -1.23. The minimum absolute atomic E-state index is 0.0344. The number of nitrogens with one attached hydrogen (secondary N) is 2. The molecule has 0 bridgehead atoms. The number of carbonyl (C=O) groups is 5. The van der Waals surface area contributed by atoms with Crippen molar-refractivity contribution in [2.24, 2.45) is 17.3 Å². The summed E-state index contributed by atoms with van der Waals surface area (Å²) in [6, 6.07) is 7.23. The monoisotopic (exact) mass is 611 g/mol. The predicted octanol–water partition coefficient (Wildman–Crippen LogP) is 3.42. The van der Waals surface area contributed by atoms with Gasteiger partial charge in [0.15, 0.2) is 6.10 Å². The minimum Gasteiger partial charge on any atom is -0.461 e. The highest BCUT2D eigenvalue weighted by molar-refractivity contribution is 5.92. The van der Waals surface area contributed by atoms with E-state index < -0.39 is 65.3 Å². The molecule has 1 heterocycles. The molecule has 1 aromatic carbocycles. The highest BCUT2D eigenvalue weighted by Crippen LogP contribution is 2.29. The molecule has 10 heteroatoms. The SMILES string of the molecule is C#CCCCC1OC(=O)CCNC(=O)[C@@H](Cc2ccccc2)N(C)C(=O)[C@H](C(C)C)OC(=O)[C@H]([C@@H](C)CC)NC(=O)C1(C)C. The summed E-state index contributed by atoms with van der Waals surface area (Å²) in [6.45, 7) is 10.5. The van der Waals surface area contributed by atoms with Gasteiger partial charge in [0.05, 0.1) is 11.8 Å². The van der Waals surface area contributed by atoms with Crippen molar-refractivity contribution in [3.63, 3.8) is 0 Å². The summed E-state index contributed by atoms with van der Waals surface area (Å²) in [7, 11) is 1.50. The number of unbranched alkanes of at least 4 members (excludes halogenated alkanes) is 1. The first-order valence-corrected chi connectivity index (χ1v) is 15.5. The molecule has 242 valence electrons. The Balaban J connectivity index is 2.55. The van der Waals surface area contributed by atoms with E-state index in [0.717, 1.165) is 5.56 Å². The molecule has 1 aliphatic heterocycles. The van der Waals surface area contributed by atoms with Gasteiger partial charge in [-0.05, 0) is 44.1 Å². The highest BCUT2D eigenvalue weighted by Gasteiger charge is 2.43. The number of benzene rings is 1. The second-order valence-electron chi connectivity index (χ2n) is 12.4. The molecule has 5 atom stereocenters. The number of likely N-dealkylation sites (N-methyl/N-ethyl adjacent to an activating group) is 1. The lowest BCUT2D eigenvalue weighted by Crippen LogP contribution is -2.56. The lowest BCUT2D eigenvalue weighted by Gasteiger charge is -2.35. The lowest BCUT2D eigenvalue weighted by atomic mass is 9.82. The van der Waals surface area contributed by atoms with Gasteiger partial charge < -0.3 is 25.0 Å². The number of hydrogen-bond donors (Lipinski definition) is 2. The van der Waals surface area contributed by atoms with Crippen LogP contribution in [-0.4, -0.2) is 72.4 Å². The van der Waals surface area contributed by atoms with Gasteiger partial charge in [0.2, 0.25) is 11.8 Å². The van der Waals surface area contributed by atoms with Gasteiger partial charge in [0.1, 0.15) is 18.2 Å². The molecule has 44 heavy (non-hydrogen) atoms. The van der Waals surface area contributed by atoms with Gasteiger partial charge in [-0.15, -0.1) is 12.3 Å². The summed E-state index contributed by atoms with van der Waals surface area (Å²) in [5.74, 6) is -1.04. The maximum absolute atomic E-state index is 13.9. The Morgan fingerprint density at radius 1 is 1.07 bits per heavy atom. The molecule has 3 amide bonds. The van der Waals surface area contributed by atoms with Crippen molar-refractivity contribution in [2.45, 2.75) is 104 Å². The number of terminal acetylenes is 1. The number of hydrogen-bond acceptors (Lipinski definition) is 7. The van der Waals surface area contributed by atoms with Crippen molar-refractivity contribution in [3.05, 3.63) is 35.9 Å². The molecule has 1 aliphatic rings. The summed E-state index contributed by atoms with van der Waals surface area (Å²) < 4.78 is 11.6. The summed E-state index contributed by atoms with van der Waals surface area (Å²) in [5.41, 5.74) is -0.408. The summed E-state index contributed by atoms with van der Waals surface area (Å²) >= 11 is 0. The van der Waals surface area contributed by atoms with E-state index in [1.165, 1.54) is 11.9 Å². The van der Waals surface area contributed by atoms with Crippen molar-refractivity contribution >= 4 is 29.7 Å². The van der Waals surface area contributed by atoms with Crippen LogP contribution < -0.4 is 10.6 Å². The lowest BCUT2D eigenvalue weighted by molar-refractivity contribution is -0.168. The molecule has 1 aromatic rings. The van der Waals surface area contributed by atoms with Gasteiger partial charge in [0, 0.05) is 26.4 Å². The molecule has 10 nitrogen and oxygen atoms in total. The molecule has 2 N–H and O–H groups in total. The Morgan fingerprint density at radius 2 is 1.73 bits per heavy atom. The van der Waals surface area contributed by atoms with Crippen molar-refractivity contribution in [3.8, 4) is 12.3 Å². The molecule has 2 rings (SSSR count). The summed E-state index contributed by atoms with van der Waals surface area (Å²) in [6.07, 6.45) is 5.27. The summed E-state index contributed by atoms with van der Waals surface area (Å²) in [5, 5.41) is 5.60. The van der Waals surface area contributed by atoms with Gasteiger partial charge in [-0.1, -0.05) is 64.4 Å². The molecule has 0 saturated carbocycles. The Bertz CT molecular complexity index is 1190. The molecule has 0 aliphatic carbocycles. The molecular weight excluding hydrogens is 562 g/mol. The Hall–Kier alpha value is -3.87. The number of nitrogens with zero attached hydrogens (tertiary/aromatic N) is 1. The molecule has 1 saturated heterocycles. The Morgan fingerprint density at radius 3 is 2.32 bits per heavy atom. The van der Waals surface area contributed by atoms with Crippen LogP contribution >= 0.6 is 0 Å². The number of amides is 3. The zero-order valence-corrected chi connectivity index (χ0v) is 27.2. The third-order valence-corrected chi connectivity index (χ3v) is 8.31. The number of rotatable bonds is 8. The summed E-state index contributed by atoms with van der Waals surface area (Å²) in [4.78, 5) is 69.0. The largest absolute Gasteiger partial charge is 0.461 e. The van der Waals surface area contributed by atoms with Crippen molar-refractivity contribution in [1.82, 2.24) is 15.5 Å². The van der Waals surface area contributed by atoms with Gasteiger partial charge in [-0.3, -0.25) is 19.2 Å². The van der Waals surface area contributed by atoms with Crippen molar-refractivity contribution in [2.75, 3.05) is 13.6 Å². The third-order valence-electron chi connectivity index (χ3n) is 8.31. The molecular formula is C34H49N3O7. The normalized spacial score (nSPS) is 24.8. The Kier molecular flexibility index (Phi) is 13.9. The topological polar surface area (TPSA) is 131 Å². The second-order valence-corrected chi connectivity index (χ2v) is 12.4. The van der Waals surface area contributed by atoms with Crippen LogP contribution in [0, 0.1) is 29.6 Å². The predicted molar refractivity (Wildman–Crippen MR) is 167 cm³/mol. The fraction of sp³-hybridized carbons (Fsp3) is 0.618. The number of esters is 2. The van der Waals surface area contributed by atoms with Crippen LogP contribution in [0.4, 0.5) is 0 Å². The fourth-order valence-electron chi connectivity index (χ4n) is 4.99. The van der Waals surface area contributed by atoms with E-state index in [9.17, 15) is 24.0 Å². The van der Waals surface area contributed by atoms with Crippen LogP contribution in [0.2, 0.25) is 0 Å². The van der Waals surface area contributed by atoms with E-state index in [4.69, 9.17) is 15.9 Å². The van der Waals surface area contributed by atoms with Crippen molar-refractivity contribution < 1.29 is 33.4 Å².